The normalized spacial score (nSPS) is 10.0. The number of benzene rings is 2. The fraction of sp³-hybridized carbons (Fsp3) is 0.263. The van der Waals surface area contributed by atoms with Crippen molar-refractivity contribution < 1.29 is 23.8 Å². The molecule has 0 saturated heterocycles. The van der Waals surface area contributed by atoms with Crippen LogP contribution in [0.2, 0.25) is 0 Å². The highest BCUT2D eigenvalue weighted by Gasteiger charge is 2.15. The average molecular weight is 343 g/mol. The van der Waals surface area contributed by atoms with Crippen LogP contribution in [0.15, 0.2) is 48.5 Å². The van der Waals surface area contributed by atoms with E-state index in [1.54, 1.807) is 45.5 Å². The number of likely N-dealkylation sites (N-methyl/N-ethyl adjacent to an activating group) is 1. The van der Waals surface area contributed by atoms with Gasteiger partial charge in [-0.05, 0) is 30.3 Å². The lowest BCUT2D eigenvalue weighted by molar-refractivity contribution is -0.133. The van der Waals surface area contributed by atoms with Gasteiger partial charge in [-0.2, -0.15) is 0 Å². The number of hydrogen-bond acceptors (Lipinski definition) is 5. The molecule has 0 unspecified atom stereocenters. The molecule has 0 fully saturated rings. The molecule has 2 aromatic carbocycles. The lowest BCUT2D eigenvalue weighted by atomic mass is 10.2. The predicted octanol–water partition coefficient (Wildman–Crippen LogP) is 2.52. The summed E-state index contributed by atoms with van der Waals surface area (Å²) >= 11 is 0. The third-order valence-corrected chi connectivity index (χ3v) is 3.68. The van der Waals surface area contributed by atoms with E-state index in [9.17, 15) is 9.59 Å². The maximum Gasteiger partial charge on any atom is 0.338 e. The molecule has 0 heterocycles. The van der Waals surface area contributed by atoms with Crippen molar-refractivity contribution in [3.8, 4) is 11.5 Å². The van der Waals surface area contributed by atoms with E-state index in [0.29, 0.717) is 23.6 Å². The van der Waals surface area contributed by atoms with Crippen molar-refractivity contribution in [2.45, 2.75) is 6.54 Å². The number of carbonyl (C=O) groups excluding carboxylic acids is 2. The zero-order valence-corrected chi connectivity index (χ0v) is 14.5. The van der Waals surface area contributed by atoms with E-state index in [0.717, 1.165) is 5.56 Å². The van der Waals surface area contributed by atoms with Crippen LogP contribution in [0.1, 0.15) is 15.9 Å². The van der Waals surface area contributed by atoms with Crippen molar-refractivity contribution in [1.82, 2.24) is 4.90 Å². The van der Waals surface area contributed by atoms with Crippen LogP contribution in [0.4, 0.5) is 0 Å². The van der Waals surface area contributed by atoms with Crippen molar-refractivity contribution in [2.75, 3.05) is 27.9 Å². The molecule has 0 aliphatic heterocycles. The quantitative estimate of drug-likeness (QED) is 0.723. The fourth-order valence-corrected chi connectivity index (χ4v) is 2.23. The van der Waals surface area contributed by atoms with Crippen LogP contribution in [-0.4, -0.2) is 44.7 Å². The first kappa shape index (κ1) is 18.3. The van der Waals surface area contributed by atoms with Crippen LogP contribution in [0, 0.1) is 0 Å². The van der Waals surface area contributed by atoms with Crippen LogP contribution < -0.4 is 9.47 Å². The van der Waals surface area contributed by atoms with Gasteiger partial charge in [0, 0.05) is 19.2 Å². The van der Waals surface area contributed by atoms with E-state index in [1.807, 2.05) is 24.3 Å². The Hall–Kier alpha value is -3.02. The summed E-state index contributed by atoms with van der Waals surface area (Å²) in [5.41, 5.74) is 1.24. The van der Waals surface area contributed by atoms with Gasteiger partial charge in [-0.15, -0.1) is 0 Å². The zero-order valence-electron chi connectivity index (χ0n) is 14.5. The summed E-state index contributed by atoms with van der Waals surface area (Å²) in [6.45, 7) is 0.0411. The topological polar surface area (TPSA) is 65.1 Å². The highest BCUT2D eigenvalue weighted by molar-refractivity contribution is 5.91. The molecule has 6 nitrogen and oxygen atoms in total. The number of nitrogens with zero attached hydrogens (tertiary/aromatic N) is 1. The molecule has 0 radical (unpaired) electrons. The van der Waals surface area contributed by atoms with Crippen molar-refractivity contribution in [2.24, 2.45) is 0 Å². The number of esters is 1. The zero-order chi connectivity index (χ0) is 18.2. The second-order valence-electron chi connectivity index (χ2n) is 5.37. The first-order chi connectivity index (χ1) is 12.0. The van der Waals surface area contributed by atoms with Crippen LogP contribution in [0.25, 0.3) is 0 Å². The van der Waals surface area contributed by atoms with Gasteiger partial charge >= 0.3 is 5.97 Å². The van der Waals surface area contributed by atoms with Gasteiger partial charge in [-0.3, -0.25) is 4.79 Å². The highest BCUT2D eigenvalue weighted by Crippen LogP contribution is 2.18. The first-order valence-corrected chi connectivity index (χ1v) is 7.72. The van der Waals surface area contributed by atoms with Crippen molar-refractivity contribution in [3.63, 3.8) is 0 Å². The highest BCUT2D eigenvalue weighted by atomic mass is 16.5. The van der Waals surface area contributed by atoms with E-state index in [4.69, 9.17) is 14.2 Å². The number of methoxy groups -OCH3 is 2. The minimum absolute atomic E-state index is 0.298. The summed E-state index contributed by atoms with van der Waals surface area (Å²) in [7, 11) is 4.77. The Morgan fingerprint density at radius 2 is 1.64 bits per heavy atom. The number of amides is 1. The number of para-hydroxylation sites is 1. The van der Waals surface area contributed by atoms with Crippen molar-refractivity contribution >= 4 is 11.9 Å². The number of hydrogen-bond donors (Lipinski definition) is 0. The van der Waals surface area contributed by atoms with Gasteiger partial charge in [0.1, 0.15) is 11.5 Å². The fourth-order valence-electron chi connectivity index (χ4n) is 2.23. The van der Waals surface area contributed by atoms with E-state index in [2.05, 4.69) is 0 Å². The molecule has 2 aromatic rings. The largest absolute Gasteiger partial charge is 0.497 e. The first-order valence-electron chi connectivity index (χ1n) is 7.72. The molecule has 0 bridgehead atoms. The van der Waals surface area contributed by atoms with Crippen LogP contribution >= 0.6 is 0 Å². The Balaban J connectivity index is 1.89. The molecule has 0 aliphatic rings. The molecule has 0 N–H and O–H groups in total. The standard InChI is InChI=1S/C19H21NO5/c1-20(12-15-6-4-5-7-17(15)24-3)18(21)13-25-19(22)14-8-10-16(23-2)11-9-14/h4-11H,12-13H2,1-3H3. The van der Waals surface area contributed by atoms with Gasteiger partial charge in [0.15, 0.2) is 6.61 Å². The van der Waals surface area contributed by atoms with Crippen molar-refractivity contribution in [3.05, 3.63) is 59.7 Å². The summed E-state index contributed by atoms with van der Waals surface area (Å²) < 4.78 is 15.4. The monoisotopic (exact) mass is 343 g/mol. The van der Waals surface area contributed by atoms with Crippen molar-refractivity contribution in [1.29, 1.82) is 0 Å². The maximum absolute atomic E-state index is 12.2. The molecule has 0 atom stereocenters. The molecule has 25 heavy (non-hydrogen) atoms. The third-order valence-electron chi connectivity index (χ3n) is 3.68. The Kier molecular flexibility index (Phi) is 6.39. The van der Waals surface area contributed by atoms with Gasteiger partial charge in [0.2, 0.25) is 0 Å². The molecule has 0 aromatic heterocycles. The van der Waals surface area contributed by atoms with Gasteiger partial charge < -0.3 is 19.1 Å². The molecule has 132 valence electrons. The van der Waals surface area contributed by atoms with E-state index in [-0.39, 0.29) is 12.5 Å². The van der Waals surface area contributed by atoms with Gasteiger partial charge in [0.25, 0.3) is 5.91 Å². The molecular formula is C19H21NO5. The minimum atomic E-state index is -0.554. The van der Waals surface area contributed by atoms with Gasteiger partial charge in [-0.1, -0.05) is 18.2 Å². The summed E-state index contributed by atoms with van der Waals surface area (Å²) in [5.74, 6) is 0.496. The molecule has 6 heteroatoms. The number of ether oxygens (including phenoxy) is 3. The second kappa shape index (κ2) is 8.73. The Morgan fingerprint density at radius 1 is 0.960 bits per heavy atom. The molecular weight excluding hydrogens is 322 g/mol. The Labute approximate surface area is 146 Å². The number of rotatable bonds is 7. The predicted molar refractivity (Wildman–Crippen MR) is 92.7 cm³/mol. The van der Waals surface area contributed by atoms with Gasteiger partial charge in [0.05, 0.1) is 19.8 Å². The number of carbonyl (C=O) groups is 2. The van der Waals surface area contributed by atoms with E-state index < -0.39 is 5.97 Å². The Bertz CT molecular complexity index is 727. The molecule has 0 aliphatic carbocycles. The molecule has 2 rings (SSSR count). The van der Waals surface area contributed by atoms with Crippen LogP contribution in [0.3, 0.4) is 0 Å². The lowest BCUT2D eigenvalue weighted by Crippen LogP contribution is -2.31. The maximum atomic E-state index is 12.2. The van der Waals surface area contributed by atoms with Crippen LogP contribution in [-0.2, 0) is 16.1 Å². The lowest BCUT2D eigenvalue weighted by Gasteiger charge is -2.18. The van der Waals surface area contributed by atoms with Crippen LogP contribution in [0.5, 0.6) is 11.5 Å². The SMILES string of the molecule is COc1ccc(C(=O)OCC(=O)N(C)Cc2ccccc2OC)cc1. The van der Waals surface area contributed by atoms with E-state index >= 15 is 0 Å². The summed E-state index contributed by atoms with van der Waals surface area (Å²) in [6, 6.07) is 13.9. The summed E-state index contributed by atoms with van der Waals surface area (Å²) in [5, 5.41) is 0. The average Bonchev–Trinajstić information content (AvgIpc) is 2.66. The second-order valence-corrected chi connectivity index (χ2v) is 5.37. The third kappa shape index (κ3) is 4.97. The minimum Gasteiger partial charge on any atom is -0.497 e. The smallest absolute Gasteiger partial charge is 0.338 e. The van der Waals surface area contributed by atoms with Gasteiger partial charge in [-0.25, -0.2) is 4.79 Å². The van der Waals surface area contributed by atoms with E-state index in [1.165, 1.54) is 4.90 Å². The Morgan fingerprint density at radius 3 is 2.28 bits per heavy atom. The molecule has 0 saturated carbocycles. The summed E-state index contributed by atoms with van der Waals surface area (Å²) in [4.78, 5) is 25.6. The molecule has 0 spiro atoms. The summed E-state index contributed by atoms with van der Waals surface area (Å²) in [6.07, 6.45) is 0. The molecule has 1 amide bonds.